The Hall–Kier alpha value is -2.62. The quantitative estimate of drug-likeness (QED) is 0.783. The van der Waals surface area contributed by atoms with Crippen molar-refractivity contribution in [3.8, 4) is 22.5 Å². The third kappa shape index (κ3) is 2.52. The molecule has 3 aromatic rings. The van der Waals surface area contributed by atoms with Crippen molar-refractivity contribution in [2.75, 3.05) is 5.73 Å². The van der Waals surface area contributed by atoms with Gasteiger partial charge in [-0.2, -0.15) is 0 Å². The second kappa shape index (κ2) is 5.40. The smallest absolute Gasteiger partial charge is 0.176 e. The lowest BCUT2D eigenvalue weighted by Crippen LogP contribution is -1.90. The Morgan fingerprint density at radius 1 is 1.05 bits per heavy atom. The Morgan fingerprint density at radius 3 is 2.43 bits per heavy atom. The van der Waals surface area contributed by atoms with E-state index in [1.807, 2.05) is 24.3 Å². The molecular formula is C17H17N3O. The topological polar surface area (TPSA) is 64.9 Å². The van der Waals surface area contributed by atoms with Crippen molar-refractivity contribution in [2.45, 2.75) is 19.8 Å². The van der Waals surface area contributed by atoms with E-state index in [1.54, 1.807) is 12.4 Å². The van der Waals surface area contributed by atoms with Gasteiger partial charge in [0, 0.05) is 23.5 Å². The first-order valence-corrected chi connectivity index (χ1v) is 6.92. The summed E-state index contributed by atoms with van der Waals surface area (Å²) in [5, 5.41) is 3.90. The number of nitrogen functional groups attached to an aromatic ring is 1. The Kier molecular flexibility index (Phi) is 3.44. The molecule has 0 spiro atoms. The number of nitrogens with two attached hydrogens (primary N) is 1. The molecule has 0 fully saturated rings. The highest BCUT2D eigenvalue weighted by Gasteiger charge is 2.17. The standard InChI is InChI=1S/C17H17N3O/c1-11(2)12-5-7-13(8-6-12)16-15(17(18)20-21-16)14-4-3-9-19-10-14/h3-11H,1-2H3,(H2,18,20). The molecule has 2 N–H and O–H groups in total. The zero-order chi connectivity index (χ0) is 14.8. The van der Waals surface area contributed by atoms with Crippen LogP contribution in [0.1, 0.15) is 25.3 Å². The number of rotatable bonds is 3. The van der Waals surface area contributed by atoms with Gasteiger partial charge in [-0.05, 0) is 17.5 Å². The SMILES string of the molecule is CC(C)c1ccc(-c2onc(N)c2-c2cccnc2)cc1. The van der Waals surface area contributed by atoms with Gasteiger partial charge in [-0.25, -0.2) is 0 Å². The van der Waals surface area contributed by atoms with Gasteiger partial charge in [-0.3, -0.25) is 4.98 Å². The van der Waals surface area contributed by atoms with E-state index in [4.69, 9.17) is 10.3 Å². The largest absolute Gasteiger partial charge is 0.380 e. The minimum atomic E-state index is 0.380. The van der Waals surface area contributed by atoms with Crippen molar-refractivity contribution in [1.82, 2.24) is 10.1 Å². The number of nitrogens with zero attached hydrogens (tertiary/aromatic N) is 2. The Morgan fingerprint density at radius 2 is 1.81 bits per heavy atom. The van der Waals surface area contributed by atoms with E-state index in [9.17, 15) is 0 Å². The van der Waals surface area contributed by atoms with Crippen molar-refractivity contribution in [3.63, 3.8) is 0 Å². The number of pyridine rings is 1. The van der Waals surface area contributed by atoms with E-state index in [0.717, 1.165) is 16.7 Å². The minimum Gasteiger partial charge on any atom is -0.380 e. The van der Waals surface area contributed by atoms with Gasteiger partial charge in [-0.15, -0.1) is 0 Å². The minimum absolute atomic E-state index is 0.380. The Balaban J connectivity index is 2.08. The van der Waals surface area contributed by atoms with Gasteiger partial charge in [0.1, 0.15) is 0 Å². The lowest BCUT2D eigenvalue weighted by atomic mass is 9.98. The van der Waals surface area contributed by atoms with Crippen LogP contribution < -0.4 is 5.73 Å². The van der Waals surface area contributed by atoms with E-state index in [0.29, 0.717) is 17.5 Å². The second-order valence-electron chi connectivity index (χ2n) is 5.29. The Bertz CT molecular complexity index is 730. The molecule has 4 heteroatoms. The van der Waals surface area contributed by atoms with Crippen molar-refractivity contribution in [2.24, 2.45) is 0 Å². The summed E-state index contributed by atoms with van der Waals surface area (Å²) in [6.45, 7) is 4.34. The summed E-state index contributed by atoms with van der Waals surface area (Å²) < 4.78 is 5.43. The highest BCUT2D eigenvalue weighted by molar-refractivity contribution is 5.86. The molecule has 0 aliphatic rings. The van der Waals surface area contributed by atoms with E-state index < -0.39 is 0 Å². The summed E-state index contributed by atoms with van der Waals surface area (Å²) in [5.41, 5.74) is 9.90. The van der Waals surface area contributed by atoms with Crippen LogP contribution >= 0.6 is 0 Å². The van der Waals surface area contributed by atoms with Crippen molar-refractivity contribution in [3.05, 3.63) is 54.4 Å². The number of benzene rings is 1. The van der Waals surface area contributed by atoms with Gasteiger partial charge >= 0.3 is 0 Å². The van der Waals surface area contributed by atoms with Crippen LogP contribution in [-0.4, -0.2) is 10.1 Å². The molecule has 0 amide bonds. The first kappa shape index (κ1) is 13.4. The fraction of sp³-hybridized carbons (Fsp3) is 0.176. The van der Waals surface area contributed by atoms with Gasteiger partial charge in [0.05, 0.1) is 5.56 Å². The van der Waals surface area contributed by atoms with Gasteiger partial charge in [0.15, 0.2) is 11.6 Å². The molecule has 1 aromatic carbocycles. The molecule has 0 bridgehead atoms. The summed E-state index contributed by atoms with van der Waals surface area (Å²) in [6.07, 6.45) is 3.49. The first-order valence-electron chi connectivity index (χ1n) is 6.92. The third-order valence-electron chi connectivity index (χ3n) is 3.51. The molecule has 0 aliphatic heterocycles. The second-order valence-corrected chi connectivity index (χ2v) is 5.29. The number of hydrogen-bond acceptors (Lipinski definition) is 4. The zero-order valence-electron chi connectivity index (χ0n) is 12.1. The molecule has 0 saturated heterocycles. The van der Waals surface area contributed by atoms with Gasteiger partial charge in [0.25, 0.3) is 0 Å². The van der Waals surface area contributed by atoms with E-state index in [2.05, 4.69) is 36.1 Å². The van der Waals surface area contributed by atoms with Crippen LogP contribution in [0.15, 0.2) is 53.3 Å². The molecule has 0 radical (unpaired) electrons. The van der Waals surface area contributed by atoms with Crippen LogP contribution in [0.5, 0.6) is 0 Å². The molecule has 0 saturated carbocycles. The molecule has 2 heterocycles. The number of anilines is 1. The van der Waals surface area contributed by atoms with Crippen LogP contribution in [0, 0.1) is 0 Å². The first-order chi connectivity index (χ1) is 10.2. The molecular weight excluding hydrogens is 262 g/mol. The van der Waals surface area contributed by atoms with Gasteiger partial charge in [-0.1, -0.05) is 49.3 Å². The van der Waals surface area contributed by atoms with Crippen LogP contribution in [0.2, 0.25) is 0 Å². The average molecular weight is 279 g/mol. The van der Waals surface area contributed by atoms with E-state index in [1.165, 1.54) is 5.56 Å². The monoisotopic (exact) mass is 279 g/mol. The summed E-state index contributed by atoms with van der Waals surface area (Å²) in [6, 6.07) is 12.1. The molecule has 106 valence electrons. The van der Waals surface area contributed by atoms with Crippen LogP contribution in [0.4, 0.5) is 5.82 Å². The van der Waals surface area contributed by atoms with Crippen LogP contribution in [-0.2, 0) is 0 Å². The lowest BCUT2D eigenvalue weighted by Gasteiger charge is -2.06. The highest BCUT2D eigenvalue weighted by atomic mass is 16.5. The van der Waals surface area contributed by atoms with Crippen molar-refractivity contribution in [1.29, 1.82) is 0 Å². The maximum absolute atomic E-state index is 5.96. The molecule has 2 aromatic heterocycles. The maximum atomic E-state index is 5.96. The number of hydrogen-bond donors (Lipinski definition) is 1. The van der Waals surface area contributed by atoms with Crippen LogP contribution in [0.3, 0.4) is 0 Å². The maximum Gasteiger partial charge on any atom is 0.176 e. The summed E-state index contributed by atoms with van der Waals surface area (Å²) in [5.74, 6) is 1.55. The molecule has 0 unspecified atom stereocenters. The predicted octanol–water partition coefficient (Wildman–Crippen LogP) is 4.11. The molecule has 21 heavy (non-hydrogen) atoms. The summed E-state index contributed by atoms with van der Waals surface area (Å²) in [7, 11) is 0. The zero-order valence-corrected chi connectivity index (χ0v) is 12.1. The summed E-state index contributed by atoms with van der Waals surface area (Å²) >= 11 is 0. The van der Waals surface area contributed by atoms with Crippen molar-refractivity contribution >= 4 is 5.82 Å². The average Bonchev–Trinajstić information content (AvgIpc) is 2.90. The fourth-order valence-corrected chi connectivity index (χ4v) is 2.31. The van der Waals surface area contributed by atoms with Crippen molar-refractivity contribution < 1.29 is 4.52 Å². The third-order valence-corrected chi connectivity index (χ3v) is 3.51. The molecule has 0 atom stereocenters. The fourth-order valence-electron chi connectivity index (χ4n) is 2.31. The molecule has 4 nitrogen and oxygen atoms in total. The van der Waals surface area contributed by atoms with E-state index >= 15 is 0 Å². The summed E-state index contributed by atoms with van der Waals surface area (Å²) in [4.78, 5) is 4.13. The lowest BCUT2D eigenvalue weighted by molar-refractivity contribution is 0.436. The van der Waals surface area contributed by atoms with Crippen LogP contribution in [0.25, 0.3) is 22.5 Å². The Labute approximate surface area is 123 Å². The van der Waals surface area contributed by atoms with Gasteiger partial charge < -0.3 is 10.3 Å². The van der Waals surface area contributed by atoms with Gasteiger partial charge in [0.2, 0.25) is 0 Å². The molecule has 0 aliphatic carbocycles. The van der Waals surface area contributed by atoms with E-state index in [-0.39, 0.29) is 0 Å². The molecule has 3 rings (SSSR count). The number of aromatic nitrogens is 2. The normalized spacial score (nSPS) is 11.0. The predicted molar refractivity (Wildman–Crippen MR) is 83.7 cm³/mol. The highest BCUT2D eigenvalue weighted by Crippen LogP contribution is 2.36.